The van der Waals surface area contributed by atoms with Crippen LogP contribution in [0.15, 0.2) is 30.3 Å². The number of ether oxygens (including phenoxy) is 3. The summed E-state index contributed by atoms with van der Waals surface area (Å²) < 4.78 is 16.1. The van der Waals surface area contributed by atoms with Crippen molar-refractivity contribution >= 4 is 34.9 Å². The standard InChI is InChI=1S/C24H29ClN2O5/c1-15(2)32-23-19(25)12-17(13-21(23)30-4)24(29)31-14-22(28)26-20-8-7-18(11-16(20)3)27-9-5-6-10-27/h7-8,11-13,15H,5-6,9-10,14H2,1-4H3,(H,26,28). The van der Waals surface area contributed by atoms with Crippen molar-refractivity contribution < 1.29 is 23.8 Å². The summed E-state index contributed by atoms with van der Waals surface area (Å²) in [5, 5.41) is 3.02. The molecule has 1 N–H and O–H groups in total. The molecular weight excluding hydrogens is 432 g/mol. The molecule has 0 spiro atoms. The summed E-state index contributed by atoms with van der Waals surface area (Å²) in [5.74, 6) is -0.437. The smallest absolute Gasteiger partial charge is 0.338 e. The third-order valence-electron chi connectivity index (χ3n) is 5.11. The Kier molecular flexibility index (Phi) is 7.85. The van der Waals surface area contributed by atoms with Gasteiger partial charge in [-0.05, 0) is 69.5 Å². The second-order valence-corrected chi connectivity index (χ2v) is 8.38. The molecule has 8 heteroatoms. The number of carbonyl (C=O) groups excluding carboxylic acids is 2. The van der Waals surface area contributed by atoms with E-state index in [0.29, 0.717) is 17.2 Å². The number of aryl methyl sites for hydroxylation is 1. The second-order valence-electron chi connectivity index (χ2n) is 7.97. The predicted octanol–water partition coefficient (Wildman–Crippen LogP) is 4.84. The molecule has 0 bridgehead atoms. The van der Waals surface area contributed by atoms with Gasteiger partial charge in [-0.3, -0.25) is 4.79 Å². The van der Waals surface area contributed by atoms with Crippen LogP contribution in [0.3, 0.4) is 0 Å². The third kappa shape index (κ3) is 5.85. The summed E-state index contributed by atoms with van der Waals surface area (Å²) >= 11 is 6.25. The molecule has 1 aliphatic rings. The summed E-state index contributed by atoms with van der Waals surface area (Å²) in [4.78, 5) is 27.1. The van der Waals surface area contributed by atoms with Gasteiger partial charge in [-0.1, -0.05) is 11.6 Å². The maximum atomic E-state index is 12.5. The predicted molar refractivity (Wildman–Crippen MR) is 125 cm³/mol. The Hall–Kier alpha value is -2.93. The Morgan fingerprint density at radius 2 is 1.88 bits per heavy atom. The van der Waals surface area contributed by atoms with Gasteiger partial charge in [0.05, 0.1) is 23.8 Å². The first-order valence-electron chi connectivity index (χ1n) is 10.6. The van der Waals surface area contributed by atoms with Crippen molar-refractivity contribution in [1.29, 1.82) is 0 Å². The van der Waals surface area contributed by atoms with E-state index in [2.05, 4.69) is 16.3 Å². The fourth-order valence-corrected chi connectivity index (χ4v) is 3.80. The van der Waals surface area contributed by atoms with Crippen molar-refractivity contribution in [3.63, 3.8) is 0 Å². The molecule has 1 heterocycles. The lowest BCUT2D eigenvalue weighted by molar-refractivity contribution is -0.119. The van der Waals surface area contributed by atoms with E-state index in [1.165, 1.54) is 32.1 Å². The number of nitrogens with zero attached hydrogens (tertiary/aromatic N) is 1. The van der Waals surface area contributed by atoms with E-state index < -0.39 is 18.5 Å². The van der Waals surface area contributed by atoms with Gasteiger partial charge in [0, 0.05) is 24.5 Å². The van der Waals surface area contributed by atoms with Crippen LogP contribution in [0.4, 0.5) is 11.4 Å². The van der Waals surface area contributed by atoms with Crippen molar-refractivity contribution in [2.24, 2.45) is 0 Å². The van der Waals surface area contributed by atoms with Gasteiger partial charge in [-0.2, -0.15) is 0 Å². The molecular formula is C24H29ClN2O5. The molecule has 3 rings (SSSR count). The summed E-state index contributed by atoms with van der Waals surface area (Å²) in [7, 11) is 1.46. The molecule has 0 radical (unpaired) electrons. The van der Waals surface area contributed by atoms with Gasteiger partial charge < -0.3 is 24.4 Å². The summed E-state index contributed by atoms with van der Waals surface area (Å²) in [6.45, 7) is 7.35. The van der Waals surface area contributed by atoms with E-state index in [4.69, 9.17) is 25.8 Å². The molecule has 1 amide bonds. The Balaban J connectivity index is 1.60. The van der Waals surface area contributed by atoms with E-state index in [9.17, 15) is 9.59 Å². The number of anilines is 2. The van der Waals surface area contributed by atoms with E-state index >= 15 is 0 Å². The SMILES string of the molecule is COc1cc(C(=O)OCC(=O)Nc2ccc(N3CCCC3)cc2C)cc(Cl)c1OC(C)C. The highest BCUT2D eigenvalue weighted by molar-refractivity contribution is 6.32. The molecule has 2 aromatic rings. The summed E-state index contributed by atoms with van der Waals surface area (Å²) in [5.41, 5.74) is 2.96. The highest BCUT2D eigenvalue weighted by Crippen LogP contribution is 2.37. The van der Waals surface area contributed by atoms with Crippen molar-refractivity contribution in [2.75, 3.05) is 37.0 Å². The Morgan fingerprint density at radius 1 is 1.16 bits per heavy atom. The van der Waals surface area contributed by atoms with Gasteiger partial charge >= 0.3 is 5.97 Å². The number of carbonyl (C=O) groups is 2. The first kappa shape index (κ1) is 23.7. The lowest BCUT2D eigenvalue weighted by Crippen LogP contribution is -2.22. The van der Waals surface area contributed by atoms with Crippen LogP contribution in [-0.2, 0) is 9.53 Å². The highest BCUT2D eigenvalue weighted by Gasteiger charge is 2.19. The number of hydrogen-bond donors (Lipinski definition) is 1. The minimum absolute atomic E-state index is 0.115. The number of esters is 1. The molecule has 1 aliphatic heterocycles. The van der Waals surface area contributed by atoms with Crippen molar-refractivity contribution in [3.8, 4) is 11.5 Å². The molecule has 7 nitrogen and oxygen atoms in total. The van der Waals surface area contributed by atoms with E-state index in [-0.39, 0.29) is 16.7 Å². The van der Waals surface area contributed by atoms with Crippen LogP contribution in [0.2, 0.25) is 5.02 Å². The van der Waals surface area contributed by atoms with Gasteiger partial charge in [-0.25, -0.2) is 4.79 Å². The largest absolute Gasteiger partial charge is 0.493 e. The van der Waals surface area contributed by atoms with Crippen LogP contribution < -0.4 is 19.7 Å². The van der Waals surface area contributed by atoms with Crippen LogP contribution in [-0.4, -0.2) is 44.8 Å². The molecule has 32 heavy (non-hydrogen) atoms. The van der Waals surface area contributed by atoms with Crippen LogP contribution >= 0.6 is 11.6 Å². The minimum Gasteiger partial charge on any atom is -0.493 e. The number of methoxy groups -OCH3 is 1. The average molecular weight is 461 g/mol. The molecule has 0 atom stereocenters. The fourth-order valence-electron chi connectivity index (χ4n) is 3.55. The molecule has 2 aromatic carbocycles. The van der Waals surface area contributed by atoms with Crippen LogP contribution in [0.25, 0.3) is 0 Å². The first-order chi connectivity index (χ1) is 15.3. The number of amides is 1. The topological polar surface area (TPSA) is 77.1 Å². The van der Waals surface area contributed by atoms with Gasteiger partial charge in [0.15, 0.2) is 18.1 Å². The van der Waals surface area contributed by atoms with Gasteiger partial charge in [0.1, 0.15) is 0 Å². The molecule has 0 unspecified atom stereocenters. The van der Waals surface area contributed by atoms with Crippen molar-refractivity contribution in [1.82, 2.24) is 0 Å². The van der Waals surface area contributed by atoms with Gasteiger partial charge in [0.2, 0.25) is 0 Å². The number of rotatable bonds is 8. The molecule has 0 aliphatic carbocycles. The maximum Gasteiger partial charge on any atom is 0.338 e. The molecule has 172 valence electrons. The van der Waals surface area contributed by atoms with E-state index in [1.807, 2.05) is 32.9 Å². The quantitative estimate of drug-likeness (QED) is 0.568. The maximum absolute atomic E-state index is 12.5. The zero-order valence-electron chi connectivity index (χ0n) is 18.9. The minimum atomic E-state index is -0.683. The lowest BCUT2D eigenvalue weighted by atomic mass is 10.1. The molecule has 0 saturated carbocycles. The Morgan fingerprint density at radius 3 is 2.50 bits per heavy atom. The van der Waals surface area contributed by atoms with Gasteiger partial charge in [-0.15, -0.1) is 0 Å². The second kappa shape index (κ2) is 10.6. The molecule has 1 fully saturated rings. The first-order valence-corrected chi connectivity index (χ1v) is 11.0. The zero-order valence-corrected chi connectivity index (χ0v) is 19.6. The monoisotopic (exact) mass is 460 g/mol. The summed E-state index contributed by atoms with van der Waals surface area (Å²) in [6, 6.07) is 8.84. The van der Waals surface area contributed by atoms with Crippen LogP contribution in [0, 0.1) is 6.92 Å². The van der Waals surface area contributed by atoms with Crippen LogP contribution in [0.5, 0.6) is 11.5 Å². The van der Waals surface area contributed by atoms with Gasteiger partial charge in [0.25, 0.3) is 5.91 Å². The Bertz CT molecular complexity index is 987. The normalized spacial score (nSPS) is 13.2. The number of halogens is 1. The molecule has 0 aromatic heterocycles. The molecule has 1 saturated heterocycles. The van der Waals surface area contributed by atoms with E-state index in [0.717, 1.165) is 24.3 Å². The number of nitrogens with one attached hydrogen (secondary N) is 1. The number of hydrogen-bond acceptors (Lipinski definition) is 6. The lowest BCUT2D eigenvalue weighted by Gasteiger charge is -2.19. The third-order valence-corrected chi connectivity index (χ3v) is 5.39. The van der Waals surface area contributed by atoms with Crippen molar-refractivity contribution in [2.45, 2.75) is 39.7 Å². The Labute approximate surface area is 193 Å². The zero-order chi connectivity index (χ0) is 23.3. The van der Waals surface area contributed by atoms with E-state index in [1.54, 1.807) is 0 Å². The highest BCUT2D eigenvalue weighted by atomic mass is 35.5. The fraction of sp³-hybridized carbons (Fsp3) is 0.417. The average Bonchev–Trinajstić information content (AvgIpc) is 3.29. The van der Waals surface area contributed by atoms with Crippen molar-refractivity contribution in [3.05, 3.63) is 46.5 Å². The summed E-state index contributed by atoms with van der Waals surface area (Å²) in [6.07, 6.45) is 2.29. The number of benzene rings is 2. The van der Waals surface area contributed by atoms with Crippen LogP contribution in [0.1, 0.15) is 42.6 Å².